The van der Waals surface area contributed by atoms with E-state index < -0.39 is 14.7 Å². The van der Waals surface area contributed by atoms with Gasteiger partial charge in [-0.3, -0.25) is 9.59 Å². The average molecular weight is 850 g/mol. The zero-order chi connectivity index (χ0) is 41.2. The molecule has 11 heteroatoms. The minimum absolute atomic E-state index is 0. The molecule has 0 amide bonds. The third-order valence-electron chi connectivity index (χ3n) is 11.2. The lowest BCUT2D eigenvalue weighted by molar-refractivity contribution is -0.923. The van der Waals surface area contributed by atoms with Crippen molar-refractivity contribution in [3.8, 4) is 6.07 Å². The van der Waals surface area contributed by atoms with Gasteiger partial charge in [0.25, 0.3) is 0 Å². The first kappa shape index (κ1) is 58.1. The number of carbonyl (C=O) groups is 2. The highest BCUT2D eigenvalue weighted by Crippen LogP contribution is 2.40. The van der Waals surface area contributed by atoms with Crippen molar-refractivity contribution in [2.45, 2.75) is 227 Å². The van der Waals surface area contributed by atoms with Gasteiger partial charge in [0.05, 0.1) is 45.3 Å². The molecule has 0 N–H and O–H groups in total. The smallest absolute Gasteiger partial charge is 0.333 e. The number of nitrogens with zero attached hydrogens (tertiary/aromatic N) is 2. The summed E-state index contributed by atoms with van der Waals surface area (Å²) in [5.74, 6) is -0.581. The normalized spacial score (nSPS) is 12.5. The van der Waals surface area contributed by atoms with E-state index in [-0.39, 0.29) is 50.6 Å². The van der Waals surface area contributed by atoms with Crippen LogP contribution in [-0.2, 0) is 32.6 Å². The van der Waals surface area contributed by atoms with Crippen LogP contribution in [-0.4, -0.2) is 75.1 Å². The van der Waals surface area contributed by atoms with Gasteiger partial charge in [0.1, 0.15) is 19.8 Å². The highest BCUT2D eigenvalue weighted by Gasteiger charge is 2.25. The van der Waals surface area contributed by atoms with Crippen molar-refractivity contribution in [3.05, 3.63) is 0 Å². The number of ether oxygens (including phenoxy) is 2. The molecule has 0 rings (SSSR count). The van der Waals surface area contributed by atoms with Crippen molar-refractivity contribution in [1.82, 2.24) is 0 Å². The van der Waals surface area contributed by atoms with Gasteiger partial charge in [0, 0.05) is 12.8 Å². The van der Waals surface area contributed by atoms with Gasteiger partial charge < -0.3 is 39.9 Å². The van der Waals surface area contributed by atoms with Crippen LogP contribution in [0.1, 0.15) is 221 Å². The summed E-state index contributed by atoms with van der Waals surface area (Å²) < 4.78 is 30.3. The first-order valence-corrected chi connectivity index (χ1v) is 24.8. The van der Waals surface area contributed by atoms with Crippen molar-refractivity contribution < 1.29 is 49.5 Å². The van der Waals surface area contributed by atoms with Crippen LogP contribution in [0.25, 0.3) is 0 Å². The second-order valence-corrected chi connectivity index (χ2v) is 17.1. The molecule has 0 saturated carbocycles. The lowest BCUT2D eigenvalue weighted by Gasteiger charge is -2.35. The maximum atomic E-state index is 12.9. The molecule has 338 valence electrons. The Bertz CT molecular complexity index is 913. The Morgan fingerprint density at radius 1 is 0.526 bits per heavy atom. The van der Waals surface area contributed by atoms with Gasteiger partial charge >= 0.3 is 20.5 Å². The van der Waals surface area contributed by atoms with Crippen molar-refractivity contribution in [1.29, 1.82) is 5.26 Å². The molecule has 0 bridgehead atoms. The summed E-state index contributed by atoms with van der Waals surface area (Å²) in [5, 5.41) is 9.05. The molecule has 0 fully saturated rings. The molecule has 0 aromatic heterocycles. The fraction of sp³-hybridized carbons (Fsp3) is 0.935. The second-order valence-electron chi connectivity index (χ2n) is 15.9. The number of carbonyl (C=O) groups excluding carboxylic acids is 2. The van der Waals surface area contributed by atoms with Crippen molar-refractivity contribution >= 4 is 20.5 Å². The van der Waals surface area contributed by atoms with E-state index in [0.717, 1.165) is 69.2 Å². The predicted molar refractivity (Wildman–Crippen MR) is 233 cm³/mol. The molecule has 0 radical (unpaired) electrons. The van der Waals surface area contributed by atoms with Crippen LogP contribution in [0, 0.1) is 11.3 Å². The standard InChI is InChI=1S/C46H90N2O7P.ClH/c1-6-11-13-15-17-19-21-23-25-27-29-31-33-36-45(49)51-42-44(43-54-56(52-40-35-38-47)53-41-39-48(8-3,9-4)10-5)55-46(50)37-34-32-30-28-26-24-22-20-18-16-14-12-7-2;/h44H,6-37,39-43H2,1-5H3;1H/q+1;/p-1. The SMILES string of the molecule is CCCCCCCCCCCCCCCC(=O)OCC(COP(OCCC#N)OCC[N+](CC)(CC)CC)OC(=O)CCCCCCCCCCCCCCC.[Cl-]. The average Bonchev–Trinajstić information content (AvgIpc) is 3.21. The summed E-state index contributed by atoms with van der Waals surface area (Å²) in [7, 11) is -1.77. The molecule has 0 spiro atoms. The Labute approximate surface area is 359 Å². The largest absolute Gasteiger partial charge is 1.00 e. The van der Waals surface area contributed by atoms with Crippen LogP contribution in [0.5, 0.6) is 0 Å². The van der Waals surface area contributed by atoms with E-state index in [9.17, 15) is 9.59 Å². The zero-order valence-electron chi connectivity index (χ0n) is 37.8. The maximum Gasteiger partial charge on any atom is 0.333 e. The predicted octanol–water partition coefficient (Wildman–Crippen LogP) is 10.5. The number of rotatable bonds is 44. The van der Waals surface area contributed by atoms with Gasteiger partial charge in [-0.2, -0.15) is 5.26 Å². The number of esters is 2. The number of hydrogen-bond donors (Lipinski definition) is 0. The van der Waals surface area contributed by atoms with Gasteiger partial charge in [0.2, 0.25) is 0 Å². The number of nitriles is 1. The lowest BCUT2D eigenvalue weighted by Crippen LogP contribution is -3.00. The van der Waals surface area contributed by atoms with Gasteiger partial charge in [-0.05, 0) is 33.6 Å². The number of likely N-dealkylation sites (N-methyl/N-ethyl adjacent to an activating group) is 1. The molecule has 0 aromatic carbocycles. The number of halogens is 1. The third-order valence-corrected chi connectivity index (χ3v) is 12.4. The van der Waals surface area contributed by atoms with E-state index in [1.54, 1.807) is 0 Å². The molecule has 9 nitrogen and oxygen atoms in total. The Balaban J connectivity index is 0. The molecular weight excluding hydrogens is 759 g/mol. The molecule has 0 saturated heterocycles. The summed E-state index contributed by atoms with van der Waals surface area (Å²) in [6.45, 7) is 15.5. The minimum Gasteiger partial charge on any atom is -1.00 e. The van der Waals surface area contributed by atoms with Gasteiger partial charge in [-0.25, -0.2) is 0 Å². The van der Waals surface area contributed by atoms with Crippen molar-refractivity contribution in [3.63, 3.8) is 0 Å². The minimum atomic E-state index is -1.77. The first-order valence-electron chi connectivity index (χ1n) is 23.7. The van der Waals surface area contributed by atoms with E-state index in [1.807, 2.05) is 0 Å². The van der Waals surface area contributed by atoms with Gasteiger partial charge in [0.15, 0.2) is 6.10 Å². The molecule has 2 atom stereocenters. The van der Waals surface area contributed by atoms with Crippen LogP contribution in [0.4, 0.5) is 0 Å². The van der Waals surface area contributed by atoms with Crippen LogP contribution in [0.3, 0.4) is 0 Å². The first-order chi connectivity index (χ1) is 27.4. The van der Waals surface area contributed by atoms with Crippen LogP contribution >= 0.6 is 8.60 Å². The Kier molecular flexibility index (Phi) is 45.4. The van der Waals surface area contributed by atoms with E-state index in [4.69, 9.17) is 28.3 Å². The van der Waals surface area contributed by atoms with Crippen LogP contribution in [0.15, 0.2) is 0 Å². The Hall–Kier alpha value is -1.01. The van der Waals surface area contributed by atoms with E-state index in [0.29, 0.717) is 19.4 Å². The van der Waals surface area contributed by atoms with E-state index >= 15 is 0 Å². The summed E-state index contributed by atoms with van der Waals surface area (Å²) in [4.78, 5) is 25.6. The molecule has 0 heterocycles. The van der Waals surface area contributed by atoms with E-state index in [2.05, 4.69) is 40.7 Å². The quantitative estimate of drug-likeness (QED) is 0.0258. The fourth-order valence-electron chi connectivity index (χ4n) is 7.07. The highest BCUT2D eigenvalue weighted by molar-refractivity contribution is 7.41. The summed E-state index contributed by atoms with van der Waals surface area (Å²) in [6, 6.07) is 2.09. The van der Waals surface area contributed by atoms with Gasteiger partial charge in [-0.1, -0.05) is 168 Å². The summed E-state index contributed by atoms with van der Waals surface area (Å²) in [5.41, 5.74) is 0. The summed E-state index contributed by atoms with van der Waals surface area (Å²) >= 11 is 0. The topological polar surface area (TPSA) is 104 Å². The molecule has 2 unspecified atom stereocenters. The van der Waals surface area contributed by atoms with Crippen molar-refractivity contribution in [2.75, 3.05) is 52.6 Å². The zero-order valence-corrected chi connectivity index (χ0v) is 39.5. The highest BCUT2D eigenvalue weighted by atomic mass is 35.5. The number of hydrogen-bond acceptors (Lipinski definition) is 8. The molecule has 0 aliphatic rings. The lowest BCUT2D eigenvalue weighted by atomic mass is 10.0. The van der Waals surface area contributed by atoms with Crippen molar-refractivity contribution in [2.24, 2.45) is 0 Å². The Morgan fingerprint density at radius 2 is 0.912 bits per heavy atom. The monoisotopic (exact) mass is 849 g/mol. The summed E-state index contributed by atoms with van der Waals surface area (Å²) in [6.07, 6.45) is 32.6. The number of quaternary nitrogens is 1. The van der Waals surface area contributed by atoms with Crippen LogP contribution in [0.2, 0.25) is 0 Å². The molecular formula is C46H90ClN2O7P. The molecule has 0 aliphatic heterocycles. The van der Waals surface area contributed by atoms with E-state index in [1.165, 1.54) is 128 Å². The maximum absolute atomic E-state index is 12.9. The molecule has 0 aromatic rings. The van der Waals surface area contributed by atoms with Crippen LogP contribution < -0.4 is 12.4 Å². The van der Waals surface area contributed by atoms with Gasteiger partial charge in [-0.15, -0.1) is 0 Å². The third kappa shape index (κ3) is 37.7. The second kappa shape index (κ2) is 44.5. The molecule has 57 heavy (non-hydrogen) atoms. The Morgan fingerprint density at radius 3 is 1.32 bits per heavy atom. The fourth-order valence-corrected chi connectivity index (χ4v) is 8.05. The molecule has 0 aliphatic carbocycles. The number of unbranched alkanes of at least 4 members (excludes halogenated alkanes) is 24.